The van der Waals surface area contributed by atoms with Crippen LogP contribution in [0.2, 0.25) is 0 Å². The molecule has 0 unspecified atom stereocenters. The van der Waals surface area contributed by atoms with Crippen molar-refractivity contribution in [1.29, 1.82) is 0 Å². The molecule has 94 valence electrons. The first kappa shape index (κ1) is 13.4. The number of pyridine rings is 1. The topological polar surface area (TPSA) is 71.2 Å². The molecule has 0 saturated carbocycles. The summed E-state index contributed by atoms with van der Waals surface area (Å²) < 4.78 is 0. The predicted octanol–water partition coefficient (Wildman–Crippen LogP) is 0.735. The van der Waals surface area contributed by atoms with Gasteiger partial charge < -0.3 is 16.0 Å². The predicted molar refractivity (Wildman–Crippen MR) is 68.8 cm³/mol. The first-order chi connectivity index (χ1) is 8.19. The van der Waals surface area contributed by atoms with Gasteiger partial charge in [-0.1, -0.05) is 13.8 Å². The number of nitrogen functional groups attached to an aromatic ring is 1. The number of amides is 1. The van der Waals surface area contributed by atoms with Gasteiger partial charge >= 0.3 is 0 Å². The highest BCUT2D eigenvalue weighted by Crippen LogP contribution is 2.07. The first-order valence-electron chi connectivity index (χ1n) is 5.89. The van der Waals surface area contributed by atoms with Crippen molar-refractivity contribution in [1.82, 2.24) is 15.2 Å². The Hall–Kier alpha value is -1.62. The van der Waals surface area contributed by atoms with E-state index >= 15 is 0 Å². The second kappa shape index (κ2) is 6.85. The maximum Gasteiger partial charge on any atom is 0.253 e. The van der Waals surface area contributed by atoms with Crippen LogP contribution in [0.3, 0.4) is 0 Å². The lowest BCUT2D eigenvalue weighted by molar-refractivity contribution is 0.0949. The smallest absolute Gasteiger partial charge is 0.253 e. The van der Waals surface area contributed by atoms with E-state index in [0.717, 1.165) is 19.6 Å². The quantitative estimate of drug-likeness (QED) is 0.764. The lowest BCUT2D eigenvalue weighted by Gasteiger charge is -2.18. The number of nitrogens with one attached hydrogen (secondary N) is 1. The number of hydrogen-bond acceptors (Lipinski definition) is 4. The zero-order chi connectivity index (χ0) is 12.7. The number of carbonyl (C=O) groups excluding carboxylic acids is 1. The van der Waals surface area contributed by atoms with E-state index < -0.39 is 0 Å². The molecule has 0 saturated heterocycles. The fourth-order valence-electron chi connectivity index (χ4n) is 1.58. The average molecular weight is 236 g/mol. The number of anilines is 1. The normalized spacial score (nSPS) is 10.5. The van der Waals surface area contributed by atoms with E-state index in [1.54, 1.807) is 12.3 Å². The summed E-state index contributed by atoms with van der Waals surface area (Å²) in [5.41, 5.74) is 6.57. The van der Waals surface area contributed by atoms with Crippen molar-refractivity contribution in [3.63, 3.8) is 0 Å². The van der Waals surface area contributed by atoms with Crippen molar-refractivity contribution in [3.8, 4) is 0 Å². The van der Waals surface area contributed by atoms with Gasteiger partial charge in [0.1, 0.15) is 0 Å². The van der Waals surface area contributed by atoms with Crippen LogP contribution in [0.4, 0.5) is 5.69 Å². The molecule has 0 aliphatic carbocycles. The summed E-state index contributed by atoms with van der Waals surface area (Å²) in [6.45, 7) is 7.66. The van der Waals surface area contributed by atoms with Crippen LogP contribution in [0.25, 0.3) is 0 Å². The van der Waals surface area contributed by atoms with Crippen molar-refractivity contribution < 1.29 is 4.79 Å². The fourth-order valence-corrected chi connectivity index (χ4v) is 1.58. The lowest BCUT2D eigenvalue weighted by Crippen LogP contribution is -2.35. The number of hydrogen-bond donors (Lipinski definition) is 2. The van der Waals surface area contributed by atoms with Gasteiger partial charge in [-0.05, 0) is 19.2 Å². The minimum Gasteiger partial charge on any atom is -0.397 e. The van der Waals surface area contributed by atoms with Gasteiger partial charge in [-0.2, -0.15) is 0 Å². The third-order valence-corrected chi connectivity index (χ3v) is 2.70. The maximum absolute atomic E-state index is 11.8. The Labute approximate surface area is 102 Å². The Bertz CT molecular complexity index is 363. The molecule has 5 heteroatoms. The molecule has 0 spiro atoms. The molecule has 0 atom stereocenters. The Morgan fingerprint density at radius 1 is 1.47 bits per heavy atom. The van der Waals surface area contributed by atoms with Gasteiger partial charge in [-0.15, -0.1) is 0 Å². The van der Waals surface area contributed by atoms with Gasteiger partial charge in [0.25, 0.3) is 5.91 Å². The molecule has 1 aromatic rings. The number of carbonyl (C=O) groups is 1. The highest BCUT2D eigenvalue weighted by Gasteiger charge is 2.08. The van der Waals surface area contributed by atoms with E-state index in [-0.39, 0.29) is 5.91 Å². The highest BCUT2D eigenvalue weighted by molar-refractivity contribution is 5.98. The van der Waals surface area contributed by atoms with E-state index in [1.807, 2.05) is 0 Å². The summed E-state index contributed by atoms with van der Waals surface area (Å²) >= 11 is 0. The monoisotopic (exact) mass is 236 g/mol. The summed E-state index contributed by atoms with van der Waals surface area (Å²) in [4.78, 5) is 17.9. The van der Waals surface area contributed by atoms with Crippen LogP contribution in [0.15, 0.2) is 18.5 Å². The molecule has 0 aliphatic rings. The number of nitrogens with zero attached hydrogens (tertiary/aromatic N) is 2. The molecule has 1 rings (SSSR count). The van der Waals surface area contributed by atoms with E-state index in [1.165, 1.54) is 6.20 Å². The molecular formula is C12H20N4O. The van der Waals surface area contributed by atoms with Crippen LogP contribution >= 0.6 is 0 Å². The summed E-state index contributed by atoms with van der Waals surface area (Å²) in [5, 5.41) is 2.85. The molecule has 0 radical (unpaired) electrons. The van der Waals surface area contributed by atoms with Gasteiger partial charge in [0.05, 0.1) is 17.4 Å². The van der Waals surface area contributed by atoms with E-state index in [9.17, 15) is 4.79 Å². The average Bonchev–Trinajstić information content (AvgIpc) is 2.35. The molecular weight excluding hydrogens is 216 g/mol. The third kappa shape index (κ3) is 4.03. The second-order valence-electron chi connectivity index (χ2n) is 3.75. The molecule has 0 aliphatic heterocycles. The van der Waals surface area contributed by atoms with Crippen LogP contribution < -0.4 is 11.1 Å². The number of aromatic nitrogens is 1. The Balaban J connectivity index is 2.43. The summed E-state index contributed by atoms with van der Waals surface area (Å²) in [6.07, 6.45) is 3.05. The molecule has 1 aromatic heterocycles. The fraction of sp³-hybridized carbons (Fsp3) is 0.500. The number of nitrogens with two attached hydrogens (primary N) is 1. The van der Waals surface area contributed by atoms with Gasteiger partial charge in [0.2, 0.25) is 0 Å². The van der Waals surface area contributed by atoms with Crippen molar-refractivity contribution in [2.45, 2.75) is 13.8 Å². The van der Waals surface area contributed by atoms with Crippen molar-refractivity contribution in [2.24, 2.45) is 0 Å². The van der Waals surface area contributed by atoms with E-state index in [2.05, 4.69) is 29.0 Å². The number of likely N-dealkylation sites (N-methyl/N-ethyl adjacent to an activating group) is 1. The van der Waals surface area contributed by atoms with Gasteiger partial charge in [0.15, 0.2) is 0 Å². The second-order valence-corrected chi connectivity index (χ2v) is 3.75. The molecule has 0 fully saturated rings. The number of rotatable bonds is 6. The van der Waals surface area contributed by atoms with Gasteiger partial charge in [-0.25, -0.2) is 0 Å². The van der Waals surface area contributed by atoms with Crippen LogP contribution in [-0.2, 0) is 0 Å². The molecule has 0 aromatic carbocycles. The molecule has 0 bridgehead atoms. The van der Waals surface area contributed by atoms with Crippen LogP contribution in [0.1, 0.15) is 24.2 Å². The molecule has 17 heavy (non-hydrogen) atoms. The molecule has 1 heterocycles. The minimum atomic E-state index is -0.142. The third-order valence-electron chi connectivity index (χ3n) is 2.70. The zero-order valence-electron chi connectivity index (χ0n) is 10.4. The highest BCUT2D eigenvalue weighted by atomic mass is 16.1. The lowest BCUT2D eigenvalue weighted by atomic mass is 10.2. The van der Waals surface area contributed by atoms with Crippen LogP contribution in [0.5, 0.6) is 0 Å². The zero-order valence-corrected chi connectivity index (χ0v) is 10.4. The van der Waals surface area contributed by atoms with E-state index in [0.29, 0.717) is 17.8 Å². The van der Waals surface area contributed by atoms with Crippen LogP contribution in [-0.4, -0.2) is 42.0 Å². The maximum atomic E-state index is 11.8. The molecule has 5 nitrogen and oxygen atoms in total. The Morgan fingerprint density at radius 3 is 2.76 bits per heavy atom. The summed E-state index contributed by atoms with van der Waals surface area (Å²) in [6, 6.07) is 1.63. The Morgan fingerprint density at radius 2 is 2.18 bits per heavy atom. The largest absolute Gasteiger partial charge is 0.397 e. The first-order valence-corrected chi connectivity index (χ1v) is 5.89. The van der Waals surface area contributed by atoms with E-state index in [4.69, 9.17) is 5.73 Å². The van der Waals surface area contributed by atoms with Crippen molar-refractivity contribution in [2.75, 3.05) is 31.9 Å². The van der Waals surface area contributed by atoms with Gasteiger partial charge in [0, 0.05) is 19.3 Å². The SMILES string of the molecule is CCN(CC)CCNC(=O)c1ccncc1N. The Kier molecular flexibility index (Phi) is 5.42. The van der Waals surface area contributed by atoms with Crippen molar-refractivity contribution in [3.05, 3.63) is 24.0 Å². The van der Waals surface area contributed by atoms with Crippen LogP contribution in [0, 0.1) is 0 Å². The summed E-state index contributed by atoms with van der Waals surface area (Å²) in [7, 11) is 0. The van der Waals surface area contributed by atoms with Gasteiger partial charge in [-0.3, -0.25) is 9.78 Å². The summed E-state index contributed by atoms with van der Waals surface area (Å²) in [5.74, 6) is -0.142. The molecule has 1 amide bonds. The minimum absolute atomic E-state index is 0.142. The molecule has 3 N–H and O–H groups in total. The van der Waals surface area contributed by atoms with Crippen molar-refractivity contribution >= 4 is 11.6 Å². The standard InChI is InChI=1S/C12H20N4O/c1-3-16(4-2)8-7-15-12(17)10-5-6-14-9-11(10)13/h5-6,9H,3-4,7-8,13H2,1-2H3,(H,15,17).